The quantitative estimate of drug-likeness (QED) is 0.238. The number of benzene rings is 2. The van der Waals surface area contributed by atoms with E-state index in [2.05, 4.69) is 4.98 Å². The van der Waals surface area contributed by atoms with Crippen molar-refractivity contribution in [1.82, 2.24) is 14.5 Å². The molecule has 0 radical (unpaired) electrons. The Balaban J connectivity index is 1.78. The van der Waals surface area contributed by atoms with Crippen LogP contribution in [0.4, 0.5) is 0 Å². The number of aromatic nitrogens is 2. The number of nitrogens with one attached hydrogen (secondary N) is 1. The molecule has 9 nitrogen and oxygen atoms in total. The molecule has 0 bridgehead atoms. The van der Waals surface area contributed by atoms with Gasteiger partial charge in [0.1, 0.15) is 11.7 Å². The number of ether oxygens (including phenoxy) is 1. The average Bonchev–Trinajstić information content (AvgIpc) is 3.15. The number of carbonyl (C=O) groups is 2. The Hall–Kier alpha value is -3.53. The molecule has 0 aliphatic heterocycles. The summed E-state index contributed by atoms with van der Waals surface area (Å²) >= 11 is 0. The Labute approximate surface area is 207 Å². The van der Waals surface area contributed by atoms with E-state index in [1.807, 2.05) is 24.6 Å². The maximum Gasteiger partial charge on any atom is 0.307 e. The highest BCUT2D eigenvalue weighted by Crippen LogP contribution is 2.21. The minimum Gasteiger partial charge on any atom is -0.466 e. The first-order valence-electron chi connectivity index (χ1n) is 11.5. The summed E-state index contributed by atoms with van der Waals surface area (Å²) in [4.78, 5) is 31.8. The highest BCUT2D eigenvalue weighted by atomic mass is 32.2. The number of hydrogen-bond acceptors (Lipinski definition) is 6. The van der Waals surface area contributed by atoms with Gasteiger partial charge in [0.2, 0.25) is 0 Å². The minimum absolute atomic E-state index is 0.0403. The lowest BCUT2D eigenvalue weighted by Gasteiger charge is -2.21. The lowest BCUT2D eigenvalue weighted by atomic mass is 10.1. The standard InChI is InChI=1S/C25H31N5O4S/c1-4-13-30(14-12-23(31)34-5-2)25(32)18-8-11-21-20(15-18)28-22(29(21)3)16-35(33)19-9-6-17(7-10-19)24(26)27/h6-11,15H,4-5,12-14,16H2,1-3H3,(H3,26,27). The molecule has 1 atom stereocenters. The molecule has 0 saturated carbocycles. The predicted molar refractivity (Wildman–Crippen MR) is 136 cm³/mol. The van der Waals surface area contributed by atoms with Crippen molar-refractivity contribution in [3.05, 3.63) is 59.4 Å². The van der Waals surface area contributed by atoms with Gasteiger partial charge in [-0.25, -0.2) is 4.98 Å². The van der Waals surface area contributed by atoms with E-state index in [9.17, 15) is 13.8 Å². The van der Waals surface area contributed by atoms with Crippen LogP contribution in [0, 0.1) is 5.41 Å². The van der Waals surface area contributed by atoms with Gasteiger partial charge in [0.25, 0.3) is 5.91 Å². The molecule has 3 N–H and O–H groups in total. The molecular weight excluding hydrogens is 466 g/mol. The molecule has 0 spiro atoms. The monoisotopic (exact) mass is 497 g/mol. The molecule has 1 heterocycles. The first-order valence-corrected chi connectivity index (χ1v) is 12.8. The fourth-order valence-electron chi connectivity index (χ4n) is 3.73. The van der Waals surface area contributed by atoms with Crippen molar-refractivity contribution in [2.45, 2.75) is 37.3 Å². The number of imidazole rings is 1. The lowest BCUT2D eigenvalue weighted by Crippen LogP contribution is -2.34. The topological polar surface area (TPSA) is 131 Å². The van der Waals surface area contributed by atoms with E-state index in [-0.39, 0.29) is 29.9 Å². The zero-order valence-corrected chi connectivity index (χ0v) is 21.1. The fourth-order valence-corrected chi connectivity index (χ4v) is 4.82. The van der Waals surface area contributed by atoms with Crippen LogP contribution in [0.2, 0.25) is 0 Å². The van der Waals surface area contributed by atoms with E-state index in [1.54, 1.807) is 48.2 Å². The summed E-state index contributed by atoms with van der Waals surface area (Å²) in [5.41, 5.74) is 8.01. The molecule has 35 heavy (non-hydrogen) atoms. The summed E-state index contributed by atoms with van der Waals surface area (Å²) in [6.45, 7) is 4.87. The first-order chi connectivity index (χ1) is 16.7. The summed E-state index contributed by atoms with van der Waals surface area (Å²) in [7, 11) is 0.512. The molecule has 1 amide bonds. The minimum atomic E-state index is -1.34. The zero-order chi connectivity index (χ0) is 25.5. The van der Waals surface area contributed by atoms with Crippen LogP contribution in [0.25, 0.3) is 11.0 Å². The van der Waals surface area contributed by atoms with Gasteiger partial charge in [0.15, 0.2) is 0 Å². The van der Waals surface area contributed by atoms with Gasteiger partial charge in [0.05, 0.1) is 40.6 Å². The highest BCUT2D eigenvalue weighted by molar-refractivity contribution is 7.84. The molecule has 0 saturated heterocycles. The second kappa shape index (κ2) is 11.7. The molecule has 3 aromatic rings. The van der Waals surface area contributed by atoms with Gasteiger partial charge in [-0.3, -0.25) is 19.2 Å². The molecule has 0 aliphatic carbocycles. The summed E-state index contributed by atoms with van der Waals surface area (Å²) in [6.07, 6.45) is 0.915. The number of hydrogen-bond donors (Lipinski definition) is 2. The fraction of sp³-hybridized carbons (Fsp3) is 0.360. The van der Waals surface area contributed by atoms with Crippen LogP contribution >= 0.6 is 0 Å². The van der Waals surface area contributed by atoms with E-state index in [0.29, 0.717) is 47.1 Å². The normalized spacial score (nSPS) is 11.9. The van der Waals surface area contributed by atoms with Crippen LogP contribution in [0.1, 0.15) is 48.4 Å². The van der Waals surface area contributed by atoms with Crippen molar-refractivity contribution < 1.29 is 18.5 Å². The Kier molecular flexibility index (Phi) is 8.75. The maximum atomic E-state index is 13.1. The number of nitrogens with zero attached hydrogens (tertiary/aromatic N) is 3. The molecule has 186 valence electrons. The maximum absolute atomic E-state index is 13.1. The summed E-state index contributed by atoms with van der Waals surface area (Å²) < 4.78 is 19.8. The summed E-state index contributed by atoms with van der Waals surface area (Å²) in [6, 6.07) is 12.1. The molecule has 0 fully saturated rings. The SMILES string of the molecule is CCCN(CCC(=O)OCC)C(=O)c1ccc2c(c1)nc(CS(=O)c1ccc(C(=N)N)cc1)n2C. The van der Waals surface area contributed by atoms with Gasteiger partial charge in [-0.15, -0.1) is 0 Å². The lowest BCUT2D eigenvalue weighted by molar-refractivity contribution is -0.143. The van der Waals surface area contributed by atoms with Crippen molar-refractivity contribution in [2.75, 3.05) is 19.7 Å². The van der Waals surface area contributed by atoms with Crippen LogP contribution in [-0.4, -0.2) is 56.1 Å². The molecule has 3 rings (SSSR count). The van der Waals surface area contributed by atoms with Crippen molar-refractivity contribution in [3.63, 3.8) is 0 Å². The average molecular weight is 498 g/mol. The van der Waals surface area contributed by atoms with E-state index in [4.69, 9.17) is 15.9 Å². The van der Waals surface area contributed by atoms with Gasteiger partial charge in [0, 0.05) is 36.2 Å². The second-order valence-corrected chi connectivity index (χ2v) is 9.52. The van der Waals surface area contributed by atoms with Gasteiger partial charge in [-0.2, -0.15) is 0 Å². The third-order valence-electron chi connectivity index (χ3n) is 5.58. The number of nitrogen functional groups attached to an aromatic ring is 1. The zero-order valence-electron chi connectivity index (χ0n) is 20.2. The number of amides is 1. The summed E-state index contributed by atoms with van der Waals surface area (Å²) in [5.74, 6) is 0.303. The van der Waals surface area contributed by atoms with Gasteiger partial charge >= 0.3 is 5.97 Å². The van der Waals surface area contributed by atoms with Crippen LogP contribution in [-0.2, 0) is 33.1 Å². The second-order valence-electron chi connectivity index (χ2n) is 8.07. The van der Waals surface area contributed by atoms with E-state index >= 15 is 0 Å². The number of esters is 1. The number of amidine groups is 1. The molecule has 1 aromatic heterocycles. The van der Waals surface area contributed by atoms with E-state index in [1.165, 1.54) is 0 Å². The molecule has 10 heteroatoms. The van der Waals surface area contributed by atoms with Crippen LogP contribution in [0.3, 0.4) is 0 Å². The molecule has 1 unspecified atom stereocenters. The number of aryl methyl sites for hydroxylation is 1. The van der Waals surface area contributed by atoms with Crippen molar-refractivity contribution in [1.29, 1.82) is 5.41 Å². The van der Waals surface area contributed by atoms with Crippen LogP contribution < -0.4 is 5.73 Å². The summed E-state index contributed by atoms with van der Waals surface area (Å²) in [5, 5.41) is 7.48. The van der Waals surface area contributed by atoms with Gasteiger partial charge < -0.3 is 19.9 Å². The van der Waals surface area contributed by atoms with Gasteiger partial charge in [-0.1, -0.05) is 19.1 Å². The molecule has 2 aromatic carbocycles. The Morgan fingerprint density at radius 1 is 1.11 bits per heavy atom. The Morgan fingerprint density at radius 2 is 1.80 bits per heavy atom. The van der Waals surface area contributed by atoms with Crippen molar-refractivity contribution in [2.24, 2.45) is 12.8 Å². The van der Waals surface area contributed by atoms with Crippen LogP contribution in [0.5, 0.6) is 0 Å². The Morgan fingerprint density at radius 3 is 2.43 bits per heavy atom. The van der Waals surface area contributed by atoms with Crippen molar-refractivity contribution in [3.8, 4) is 0 Å². The third-order valence-corrected chi connectivity index (χ3v) is 6.90. The number of carbonyl (C=O) groups excluding carboxylic acids is 2. The smallest absolute Gasteiger partial charge is 0.307 e. The number of rotatable bonds is 11. The van der Waals surface area contributed by atoms with Crippen molar-refractivity contribution >= 4 is 39.5 Å². The van der Waals surface area contributed by atoms with Crippen LogP contribution in [0.15, 0.2) is 47.4 Å². The number of nitrogens with two attached hydrogens (primary N) is 1. The largest absolute Gasteiger partial charge is 0.466 e. The van der Waals surface area contributed by atoms with E-state index < -0.39 is 10.8 Å². The predicted octanol–water partition coefficient (Wildman–Crippen LogP) is 2.97. The Bertz CT molecular complexity index is 1250. The first kappa shape index (κ1) is 26.1. The third kappa shape index (κ3) is 6.33. The van der Waals surface area contributed by atoms with E-state index in [0.717, 1.165) is 11.9 Å². The molecular formula is C25H31N5O4S. The molecule has 0 aliphatic rings. The number of fused-ring (bicyclic) bond motifs is 1. The van der Waals surface area contributed by atoms with Gasteiger partial charge in [-0.05, 0) is 43.7 Å². The highest BCUT2D eigenvalue weighted by Gasteiger charge is 2.19.